The van der Waals surface area contributed by atoms with Crippen molar-refractivity contribution in [2.45, 2.75) is 0 Å². The molecule has 0 aliphatic carbocycles. The van der Waals surface area contributed by atoms with Gasteiger partial charge in [0.2, 0.25) is 0 Å². The highest BCUT2D eigenvalue weighted by Gasteiger charge is 2.16. The molecule has 3 aromatic heterocycles. The summed E-state index contributed by atoms with van der Waals surface area (Å²) in [6, 6.07) is -0.644. The number of carbonyl (C=O) groups is 1. The zero-order valence-corrected chi connectivity index (χ0v) is 11.1. The second-order valence-corrected chi connectivity index (χ2v) is 4.90. The van der Waals surface area contributed by atoms with Crippen LogP contribution < -0.4 is 16.4 Å². The van der Waals surface area contributed by atoms with Crippen LogP contribution in [0.5, 0.6) is 0 Å². The first kappa shape index (κ1) is 11.7. The minimum absolute atomic E-state index is 0.422. The minimum Gasteiger partial charge on any atom is -0.371 e. The highest BCUT2D eigenvalue weighted by atomic mass is 32.1. The van der Waals surface area contributed by atoms with Gasteiger partial charge in [0, 0.05) is 14.1 Å². The van der Waals surface area contributed by atoms with Crippen LogP contribution in [-0.4, -0.2) is 32.6 Å². The van der Waals surface area contributed by atoms with Crippen molar-refractivity contribution in [2.75, 3.05) is 17.7 Å². The zero-order valence-electron chi connectivity index (χ0n) is 10.3. The number of thiazole rings is 1. The van der Waals surface area contributed by atoms with E-state index in [2.05, 4.69) is 25.6 Å². The molecule has 0 aliphatic heterocycles. The Hall–Kier alpha value is -2.42. The standard InChI is InChI=1S/C10H11N7OS/c1-12-7-4-6(17(2)3-13-4)5-8(15-7)19-10(14-5)16-9(11)18/h3H,1-2H3,(H,12,15)(H3,11,14,16,18). The van der Waals surface area contributed by atoms with Gasteiger partial charge < -0.3 is 15.6 Å². The quantitative estimate of drug-likeness (QED) is 0.649. The number of imidazole rings is 1. The monoisotopic (exact) mass is 277 g/mol. The van der Waals surface area contributed by atoms with Crippen LogP contribution in [0, 0.1) is 0 Å². The second-order valence-electron chi connectivity index (χ2n) is 3.93. The smallest absolute Gasteiger partial charge is 0.318 e. The molecule has 0 radical (unpaired) electrons. The lowest BCUT2D eigenvalue weighted by atomic mass is 10.3. The summed E-state index contributed by atoms with van der Waals surface area (Å²) >= 11 is 1.27. The van der Waals surface area contributed by atoms with Gasteiger partial charge in [-0.15, -0.1) is 0 Å². The summed E-state index contributed by atoms with van der Waals surface area (Å²) < 4.78 is 1.87. The lowest BCUT2D eigenvalue weighted by Crippen LogP contribution is -2.18. The number of hydrogen-bond acceptors (Lipinski definition) is 6. The Labute approximate surface area is 111 Å². The van der Waals surface area contributed by atoms with Gasteiger partial charge >= 0.3 is 6.03 Å². The molecule has 2 amide bonds. The molecule has 0 aromatic carbocycles. The third-order valence-electron chi connectivity index (χ3n) is 2.68. The molecule has 4 N–H and O–H groups in total. The van der Waals surface area contributed by atoms with E-state index in [1.54, 1.807) is 13.4 Å². The molecular formula is C10H11N7OS. The average molecular weight is 277 g/mol. The first-order valence-electron chi connectivity index (χ1n) is 5.46. The van der Waals surface area contributed by atoms with E-state index in [9.17, 15) is 4.79 Å². The third-order valence-corrected chi connectivity index (χ3v) is 3.54. The average Bonchev–Trinajstić information content (AvgIpc) is 2.90. The molecule has 0 unspecified atom stereocenters. The predicted octanol–water partition coefficient (Wildman–Crippen LogP) is 1.11. The van der Waals surface area contributed by atoms with E-state index < -0.39 is 6.03 Å². The van der Waals surface area contributed by atoms with Crippen LogP contribution in [0.2, 0.25) is 0 Å². The number of nitrogens with two attached hydrogens (primary N) is 1. The van der Waals surface area contributed by atoms with Gasteiger partial charge in [0.05, 0.1) is 6.33 Å². The van der Waals surface area contributed by atoms with Crippen LogP contribution >= 0.6 is 11.3 Å². The fraction of sp³-hybridized carbons (Fsp3) is 0.200. The summed E-state index contributed by atoms with van der Waals surface area (Å²) in [5.41, 5.74) is 7.40. The molecule has 3 aromatic rings. The predicted molar refractivity (Wildman–Crippen MR) is 74.4 cm³/mol. The molecule has 0 spiro atoms. The summed E-state index contributed by atoms with van der Waals surface area (Å²) in [5, 5.41) is 5.89. The van der Waals surface area contributed by atoms with Crippen LogP contribution in [0.15, 0.2) is 6.33 Å². The van der Waals surface area contributed by atoms with Crippen LogP contribution in [0.4, 0.5) is 15.7 Å². The van der Waals surface area contributed by atoms with E-state index in [0.29, 0.717) is 21.3 Å². The number of nitrogens with zero attached hydrogens (tertiary/aromatic N) is 4. The molecule has 0 saturated heterocycles. The fourth-order valence-corrected chi connectivity index (χ4v) is 2.76. The summed E-state index contributed by atoms with van der Waals surface area (Å²) in [6.07, 6.45) is 1.70. The maximum atomic E-state index is 10.9. The van der Waals surface area contributed by atoms with Crippen molar-refractivity contribution in [3.05, 3.63) is 6.33 Å². The number of rotatable bonds is 2. The summed E-state index contributed by atoms with van der Waals surface area (Å²) in [6.45, 7) is 0. The van der Waals surface area contributed by atoms with E-state index in [-0.39, 0.29) is 0 Å². The number of urea groups is 1. The summed E-state index contributed by atoms with van der Waals surface area (Å²) in [5.74, 6) is 0.678. The molecule has 0 atom stereocenters. The van der Waals surface area contributed by atoms with Gasteiger partial charge in [-0.25, -0.2) is 19.7 Å². The molecule has 98 valence electrons. The van der Waals surface area contributed by atoms with Gasteiger partial charge in [-0.1, -0.05) is 11.3 Å². The Morgan fingerprint density at radius 1 is 1.42 bits per heavy atom. The number of nitrogens with one attached hydrogen (secondary N) is 2. The minimum atomic E-state index is -0.644. The SMILES string of the molecule is CNc1nc2sc(NC(N)=O)nc2c2c1ncn2C. The molecule has 8 nitrogen and oxygen atoms in total. The van der Waals surface area contributed by atoms with Gasteiger partial charge in [-0.05, 0) is 0 Å². The summed E-state index contributed by atoms with van der Waals surface area (Å²) in [4.78, 5) is 24.7. The largest absolute Gasteiger partial charge is 0.371 e. The van der Waals surface area contributed by atoms with Crippen LogP contribution in [-0.2, 0) is 7.05 Å². The second kappa shape index (κ2) is 4.05. The normalized spacial score (nSPS) is 11.1. The molecular weight excluding hydrogens is 266 g/mol. The lowest BCUT2D eigenvalue weighted by molar-refractivity contribution is 0.259. The maximum absolute atomic E-state index is 10.9. The van der Waals surface area contributed by atoms with Gasteiger partial charge in [0.1, 0.15) is 21.4 Å². The van der Waals surface area contributed by atoms with E-state index in [1.165, 1.54) is 11.3 Å². The van der Waals surface area contributed by atoms with Gasteiger partial charge in [-0.2, -0.15) is 0 Å². The topological polar surface area (TPSA) is 111 Å². The number of pyridine rings is 1. The molecule has 0 fully saturated rings. The lowest BCUT2D eigenvalue weighted by Gasteiger charge is -2.01. The first-order valence-corrected chi connectivity index (χ1v) is 6.27. The van der Waals surface area contributed by atoms with Gasteiger partial charge in [0.25, 0.3) is 0 Å². The highest BCUT2D eigenvalue weighted by Crippen LogP contribution is 2.32. The number of amides is 2. The number of primary amides is 1. The third kappa shape index (κ3) is 1.74. The van der Waals surface area contributed by atoms with Crippen LogP contribution in [0.1, 0.15) is 0 Å². The van der Waals surface area contributed by atoms with Crippen LogP contribution in [0.3, 0.4) is 0 Å². The Morgan fingerprint density at radius 3 is 2.89 bits per heavy atom. The maximum Gasteiger partial charge on any atom is 0.318 e. The van der Waals surface area contributed by atoms with Crippen molar-refractivity contribution >= 4 is 49.7 Å². The summed E-state index contributed by atoms with van der Waals surface area (Å²) in [7, 11) is 3.67. The first-order chi connectivity index (χ1) is 9.10. The van der Waals surface area contributed by atoms with Crippen molar-refractivity contribution < 1.29 is 4.79 Å². The van der Waals surface area contributed by atoms with E-state index >= 15 is 0 Å². The Bertz CT molecular complexity index is 790. The molecule has 0 saturated carbocycles. The zero-order chi connectivity index (χ0) is 13.6. The fourth-order valence-electron chi connectivity index (χ4n) is 1.91. The van der Waals surface area contributed by atoms with Crippen molar-refractivity contribution in [1.29, 1.82) is 0 Å². The number of carbonyl (C=O) groups excluding carboxylic acids is 1. The van der Waals surface area contributed by atoms with Crippen molar-refractivity contribution in [3.63, 3.8) is 0 Å². The molecule has 3 heterocycles. The van der Waals surface area contributed by atoms with Gasteiger partial charge in [0.15, 0.2) is 10.9 Å². The van der Waals surface area contributed by atoms with E-state index in [1.807, 2.05) is 11.6 Å². The molecule has 9 heteroatoms. The Balaban J connectivity index is 2.34. The molecule has 0 aliphatic rings. The van der Waals surface area contributed by atoms with E-state index in [0.717, 1.165) is 11.0 Å². The number of aromatic nitrogens is 4. The van der Waals surface area contributed by atoms with Crippen molar-refractivity contribution in [3.8, 4) is 0 Å². The highest BCUT2D eigenvalue weighted by molar-refractivity contribution is 7.22. The number of anilines is 2. The molecule has 19 heavy (non-hydrogen) atoms. The van der Waals surface area contributed by atoms with Crippen molar-refractivity contribution in [1.82, 2.24) is 19.5 Å². The van der Waals surface area contributed by atoms with E-state index in [4.69, 9.17) is 5.73 Å². The van der Waals surface area contributed by atoms with Crippen LogP contribution in [0.25, 0.3) is 21.4 Å². The molecule has 0 bridgehead atoms. The number of aryl methyl sites for hydroxylation is 1. The Morgan fingerprint density at radius 2 is 2.21 bits per heavy atom. The number of fused-ring (bicyclic) bond motifs is 3. The number of hydrogen-bond donors (Lipinski definition) is 3. The molecule has 3 rings (SSSR count). The Kier molecular flexibility index (Phi) is 2.49. The van der Waals surface area contributed by atoms with Gasteiger partial charge in [-0.3, -0.25) is 5.32 Å². The van der Waals surface area contributed by atoms with Crippen molar-refractivity contribution in [2.24, 2.45) is 12.8 Å².